The summed E-state index contributed by atoms with van der Waals surface area (Å²) in [6.07, 6.45) is 2.91. The third-order valence-electron chi connectivity index (χ3n) is 3.03. The predicted octanol–water partition coefficient (Wildman–Crippen LogP) is 1.11. The Kier molecular flexibility index (Phi) is 3.19. The highest BCUT2D eigenvalue weighted by atomic mass is 15.4. The van der Waals surface area contributed by atoms with Crippen molar-refractivity contribution in [3.63, 3.8) is 0 Å². The number of benzene rings is 1. The van der Waals surface area contributed by atoms with Crippen molar-refractivity contribution in [3.8, 4) is 5.95 Å². The van der Waals surface area contributed by atoms with E-state index in [4.69, 9.17) is 5.73 Å². The Morgan fingerprint density at radius 2 is 1.95 bits per heavy atom. The molecule has 0 aliphatic carbocycles. The molecule has 0 radical (unpaired) electrons. The zero-order valence-electron chi connectivity index (χ0n) is 11.7. The molecule has 0 bridgehead atoms. The van der Waals surface area contributed by atoms with Gasteiger partial charge < -0.3 is 10.6 Å². The second kappa shape index (κ2) is 5.16. The number of nitrogens with two attached hydrogens (primary N) is 1. The Bertz CT molecular complexity index is 753. The van der Waals surface area contributed by atoms with Gasteiger partial charge in [0, 0.05) is 12.7 Å². The van der Waals surface area contributed by atoms with Crippen LogP contribution in [0.1, 0.15) is 5.56 Å². The maximum absolute atomic E-state index is 5.77. The molecular weight excluding hydrogens is 268 g/mol. The minimum atomic E-state index is 0.130. The van der Waals surface area contributed by atoms with Gasteiger partial charge in [-0.15, -0.1) is 0 Å². The van der Waals surface area contributed by atoms with Gasteiger partial charge in [0.15, 0.2) is 0 Å². The van der Waals surface area contributed by atoms with Crippen LogP contribution in [0.4, 0.5) is 17.6 Å². The Morgan fingerprint density at radius 1 is 1.14 bits per heavy atom. The van der Waals surface area contributed by atoms with Gasteiger partial charge in [-0.2, -0.15) is 24.7 Å². The summed E-state index contributed by atoms with van der Waals surface area (Å²) >= 11 is 0. The smallest absolute Gasteiger partial charge is 0.258 e. The number of hydrogen-bond donors (Lipinski definition) is 1. The molecule has 0 unspecified atom stereocenters. The lowest BCUT2D eigenvalue weighted by atomic mass is 10.2. The largest absolute Gasteiger partial charge is 0.368 e. The molecule has 2 aromatic heterocycles. The van der Waals surface area contributed by atoms with E-state index >= 15 is 0 Å². The van der Waals surface area contributed by atoms with Gasteiger partial charge in [-0.25, -0.2) is 4.98 Å². The third kappa shape index (κ3) is 2.50. The molecule has 0 saturated heterocycles. The number of nitrogen functional groups attached to an aromatic ring is 1. The van der Waals surface area contributed by atoms with Crippen molar-refractivity contribution < 1.29 is 0 Å². The molecule has 0 amide bonds. The highest BCUT2D eigenvalue weighted by Gasteiger charge is 2.13. The molecule has 2 heterocycles. The van der Waals surface area contributed by atoms with Crippen molar-refractivity contribution in [2.24, 2.45) is 0 Å². The SMILES string of the molecule is Cc1ccccc1N(C)c1nc(N)nc(-n2cncn2)n1. The lowest BCUT2D eigenvalue weighted by Gasteiger charge is -2.19. The first kappa shape index (κ1) is 13.0. The van der Waals surface area contributed by atoms with Crippen LogP contribution in [-0.2, 0) is 0 Å². The first-order chi connectivity index (χ1) is 10.1. The van der Waals surface area contributed by atoms with E-state index in [9.17, 15) is 0 Å². The third-order valence-corrected chi connectivity index (χ3v) is 3.03. The molecule has 8 nitrogen and oxygen atoms in total. The molecule has 0 spiro atoms. The zero-order chi connectivity index (χ0) is 14.8. The Labute approximate surface area is 121 Å². The molecule has 106 valence electrons. The van der Waals surface area contributed by atoms with E-state index in [1.165, 1.54) is 17.3 Å². The molecule has 0 fully saturated rings. The average Bonchev–Trinajstić information content (AvgIpc) is 3.01. The Balaban J connectivity index is 2.05. The van der Waals surface area contributed by atoms with Gasteiger partial charge in [-0.05, 0) is 18.6 Å². The van der Waals surface area contributed by atoms with Crippen molar-refractivity contribution in [1.82, 2.24) is 29.7 Å². The summed E-state index contributed by atoms with van der Waals surface area (Å²) in [6.45, 7) is 2.02. The normalized spacial score (nSPS) is 10.6. The van der Waals surface area contributed by atoms with Crippen LogP contribution in [0.3, 0.4) is 0 Å². The molecule has 2 N–H and O–H groups in total. The van der Waals surface area contributed by atoms with Gasteiger partial charge >= 0.3 is 0 Å². The standard InChI is InChI=1S/C13H14N8/c1-9-5-3-4-6-10(9)20(2)12-17-11(14)18-13(19-12)21-8-15-7-16-21/h3-8H,1-2H3,(H2,14,17,18,19). The molecule has 0 aliphatic rings. The fourth-order valence-corrected chi connectivity index (χ4v) is 1.98. The van der Waals surface area contributed by atoms with E-state index < -0.39 is 0 Å². The van der Waals surface area contributed by atoms with Crippen LogP contribution in [0.2, 0.25) is 0 Å². The lowest BCUT2D eigenvalue weighted by Crippen LogP contribution is -2.17. The van der Waals surface area contributed by atoms with Crippen LogP contribution < -0.4 is 10.6 Å². The van der Waals surface area contributed by atoms with E-state index in [1.807, 2.05) is 43.1 Å². The van der Waals surface area contributed by atoms with Gasteiger partial charge in [0.2, 0.25) is 11.9 Å². The van der Waals surface area contributed by atoms with E-state index in [-0.39, 0.29) is 5.95 Å². The summed E-state index contributed by atoms with van der Waals surface area (Å²) in [5.41, 5.74) is 7.87. The predicted molar refractivity (Wildman–Crippen MR) is 78.4 cm³/mol. The second-order valence-electron chi connectivity index (χ2n) is 4.48. The van der Waals surface area contributed by atoms with E-state index in [2.05, 4.69) is 25.0 Å². The summed E-state index contributed by atoms with van der Waals surface area (Å²) in [6, 6.07) is 7.95. The van der Waals surface area contributed by atoms with Crippen LogP contribution in [0.25, 0.3) is 5.95 Å². The fraction of sp³-hybridized carbons (Fsp3) is 0.154. The van der Waals surface area contributed by atoms with Crippen LogP contribution >= 0.6 is 0 Å². The van der Waals surface area contributed by atoms with Crippen molar-refractivity contribution >= 4 is 17.6 Å². The summed E-state index contributed by atoms with van der Waals surface area (Å²) in [5.74, 6) is 0.906. The number of nitrogens with zero attached hydrogens (tertiary/aromatic N) is 7. The number of para-hydroxylation sites is 1. The van der Waals surface area contributed by atoms with Crippen molar-refractivity contribution in [2.75, 3.05) is 17.7 Å². The molecule has 3 aromatic rings. The van der Waals surface area contributed by atoms with Gasteiger partial charge in [0.25, 0.3) is 5.95 Å². The van der Waals surface area contributed by atoms with E-state index in [0.29, 0.717) is 11.9 Å². The number of aryl methyl sites for hydroxylation is 1. The first-order valence-electron chi connectivity index (χ1n) is 6.31. The molecule has 0 saturated carbocycles. The van der Waals surface area contributed by atoms with Crippen LogP contribution in [0.15, 0.2) is 36.9 Å². The summed E-state index contributed by atoms with van der Waals surface area (Å²) in [7, 11) is 1.88. The molecule has 1 aromatic carbocycles. The minimum Gasteiger partial charge on any atom is -0.368 e. The van der Waals surface area contributed by atoms with Crippen molar-refractivity contribution in [3.05, 3.63) is 42.5 Å². The highest BCUT2D eigenvalue weighted by molar-refractivity contribution is 5.61. The minimum absolute atomic E-state index is 0.130. The van der Waals surface area contributed by atoms with Gasteiger partial charge in [0.05, 0.1) is 0 Å². The van der Waals surface area contributed by atoms with Crippen molar-refractivity contribution in [2.45, 2.75) is 6.92 Å². The number of anilines is 3. The maximum Gasteiger partial charge on any atom is 0.258 e. The molecular formula is C13H14N8. The second-order valence-corrected chi connectivity index (χ2v) is 4.48. The number of rotatable bonds is 3. The van der Waals surface area contributed by atoms with E-state index in [1.54, 1.807) is 0 Å². The lowest BCUT2D eigenvalue weighted by molar-refractivity contribution is 0.793. The van der Waals surface area contributed by atoms with Gasteiger partial charge in [-0.1, -0.05) is 18.2 Å². The first-order valence-corrected chi connectivity index (χ1v) is 6.31. The maximum atomic E-state index is 5.77. The number of hydrogen-bond acceptors (Lipinski definition) is 7. The quantitative estimate of drug-likeness (QED) is 0.768. The summed E-state index contributed by atoms with van der Waals surface area (Å²) in [4.78, 5) is 18.3. The van der Waals surface area contributed by atoms with E-state index in [0.717, 1.165) is 11.3 Å². The van der Waals surface area contributed by atoms with Crippen LogP contribution in [-0.4, -0.2) is 36.8 Å². The Morgan fingerprint density at radius 3 is 2.67 bits per heavy atom. The highest BCUT2D eigenvalue weighted by Crippen LogP contribution is 2.24. The zero-order valence-corrected chi connectivity index (χ0v) is 11.7. The van der Waals surface area contributed by atoms with Gasteiger partial charge in [0.1, 0.15) is 12.7 Å². The molecule has 3 rings (SSSR count). The average molecular weight is 282 g/mol. The number of aromatic nitrogens is 6. The van der Waals surface area contributed by atoms with Crippen molar-refractivity contribution in [1.29, 1.82) is 0 Å². The van der Waals surface area contributed by atoms with Crippen LogP contribution in [0.5, 0.6) is 0 Å². The topological polar surface area (TPSA) is 98.6 Å². The molecule has 21 heavy (non-hydrogen) atoms. The fourth-order valence-electron chi connectivity index (χ4n) is 1.98. The monoisotopic (exact) mass is 282 g/mol. The van der Waals surface area contributed by atoms with Gasteiger partial charge in [-0.3, -0.25) is 0 Å². The van der Waals surface area contributed by atoms with Crippen LogP contribution in [0, 0.1) is 6.92 Å². The molecule has 8 heteroatoms. The molecule has 0 atom stereocenters. The summed E-state index contributed by atoms with van der Waals surface area (Å²) < 4.78 is 1.44. The summed E-state index contributed by atoms with van der Waals surface area (Å²) in [5, 5.41) is 4.00. The Hall–Kier alpha value is -3.03. The molecule has 0 aliphatic heterocycles.